The lowest BCUT2D eigenvalue weighted by molar-refractivity contribution is 0.111. The molecule has 0 aliphatic rings. The smallest absolute Gasteiger partial charge is 0.0922 e. The SMILES string of the molecule is CCCCCCCCCCN(CCCCCCCCCC)CC(O)c1ccc(Br)c2ccccc12. The number of hydrogen-bond acceptors (Lipinski definition) is 2. The molecular weight excluding hydrogens is 494 g/mol. The van der Waals surface area contributed by atoms with Gasteiger partial charge in [0.25, 0.3) is 0 Å². The minimum absolute atomic E-state index is 0.448. The minimum atomic E-state index is -0.448. The van der Waals surface area contributed by atoms with Crippen LogP contribution in [0.15, 0.2) is 40.9 Å². The average Bonchev–Trinajstić information content (AvgIpc) is 2.87. The molecule has 0 radical (unpaired) electrons. The molecule has 2 aromatic carbocycles. The number of benzene rings is 2. The molecule has 0 fully saturated rings. The zero-order valence-corrected chi connectivity index (χ0v) is 24.3. The molecule has 198 valence electrons. The summed E-state index contributed by atoms with van der Waals surface area (Å²) in [6.45, 7) is 7.52. The predicted octanol–water partition coefficient (Wildman–Crippen LogP) is 10.2. The van der Waals surface area contributed by atoms with Crippen LogP contribution in [0.4, 0.5) is 0 Å². The van der Waals surface area contributed by atoms with E-state index in [9.17, 15) is 5.11 Å². The first-order valence-electron chi connectivity index (χ1n) is 14.7. The molecule has 1 unspecified atom stereocenters. The van der Waals surface area contributed by atoms with Gasteiger partial charge in [0.1, 0.15) is 0 Å². The zero-order valence-electron chi connectivity index (χ0n) is 22.7. The number of nitrogens with zero attached hydrogens (tertiary/aromatic N) is 1. The van der Waals surface area contributed by atoms with E-state index in [-0.39, 0.29) is 0 Å². The normalized spacial score (nSPS) is 12.6. The Morgan fingerprint density at radius 3 is 1.60 bits per heavy atom. The first-order valence-corrected chi connectivity index (χ1v) is 15.5. The first-order chi connectivity index (χ1) is 17.2. The number of fused-ring (bicyclic) bond motifs is 1. The van der Waals surface area contributed by atoms with Crippen LogP contribution in [0.5, 0.6) is 0 Å². The molecule has 0 spiro atoms. The van der Waals surface area contributed by atoms with E-state index in [0.717, 1.165) is 35.1 Å². The molecule has 0 saturated heterocycles. The van der Waals surface area contributed by atoms with Crippen molar-refractivity contribution in [2.45, 2.75) is 123 Å². The van der Waals surface area contributed by atoms with Crippen LogP contribution in [0.2, 0.25) is 0 Å². The second kappa shape index (κ2) is 19.2. The van der Waals surface area contributed by atoms with Gasteiger partial charge >= 0.3 is 0 Å². The predicted molar refractivity (Wildman–Crippen MR) is 158 cm³/mol. The fourth-order valence-electron chi connectivity index (χ4n) is 5.15. The third kappa shape index (κ3) is 12.3. The van der Waals surface area contributed by atoms with Crippen molar-refractivity contribution in [3.63, 3.8) is 0 Å². The van der Waals surface area contributed by atoms with E-state index in [1.54, 1.807) is 0 Å². The summed E-state index contributed by atoms with van der Waals surface area (Å²) < 4.78 is 1.10. The Kier molecular flexibility index (Phi) is 16.7. The largest absolute Gasteiger partial charge is 0.387 e. The molecule has 0 heterocycles. The van der Waals surface area contributed by atoms with Crippen LogP contribution in [-0.4, -0.2) is 29.6 Å². The lowest BCUT2D eigenvalue weighted by Gasteiger charge is -2.26. The third-order valence-electron chi connectivity index (χ3n) is 7.35. The fourth-order valence-corrected chi connectivity index (χ4v) is 5.63. The average molecular weight is 547 g/mol. The Morgan fingerprint density at radius 2 is 1.09 bits per heavy atom. The van der Waals surface area contributed by atoms with E-state index in [1.807, 2.05) is 0 Å². The Balaban J connectivity index is 1.85. The highest BCUT2D eigenvalue weighted by Gasteiger charge is 2.16. The molecule has 0 bridgehead atoms. The molecule has 0 aliphatic heterocycles. The number of unbranched alkanes of at least 4 members (excludes halogenated alkanes) is 14. The van der Waals surface area contributed by atoms with Gasteiger partial charge in [-0.25, -0.2) is 0 Å². The van der Waals surface area contributed by atoms with Crippen molar-refractivity contribution in [3.8, 4) is 0 Å². The molecule has 2 nitrogen and oxygen atoms in total. The summed E-state index contributed by atoms with van der Waals surface area (Å²) in [7, 11) is 0. The highest BCUT2D eigenvalue weighted by atomic mass is 79.9. The van der Waals surface area contributed by atoms with E-state index < -0.39 is 6.10 Å². The van der Waals surface area contributed by atoms with Crippen molar-refractivity contribution in [1.29, 1.82) is 0 Å². The van der Waals surface area contributed by atoms with Gasteiger partial charge in [0.15, 0.2) is 0 Å². The number of halogens is 1. The Labute approximate surface area is 225 Å². The Hall–Kier alpha value is -0.900. The summed E-state index contributed by atoms with van der Waals surface area (Å²) in [6.07, 6.45) is 21.2. The molecule has 2 aromatic rings. The van der Waals surface area contributed by atoms with Crippen molar-refractivity contribution in [2.75, 3.05) is 19.6 Å². The van der Waals surface area contributed by atoms with E-state index >= 15 is 0 Å². The molecule has 0 saturated carbocycles. The molecule has 0 aromatic heterocycles. The van der Waals surface area contributed by atoms with Gasteiger partial charge in [-0.05, 0) is 48.3 Å². The number of aliphatic hydroxyl groups excluding tert-OH is 1. The maximum Gasteiger partial charge on any atom is 0.0922 e. The second-order valence-corrected chi connectivity index (χ2v) is 11.3. The van der Waals surface area contributed by atoms with E-state index in [4.69, 9.17) is 0 Å². The monoisotopic (exact) mass is 545 g/mol. The van der Waals surface area contributed by atoms with Gasteiger partial charge < -0.3 is 10.0 Å². The quantitative estimate of drug-likeness (QED) is 0.157. The van der Waals surface area contributed by atoms with Crippen molar-refractivity contribution in [2.24, 2.45) is 0 Å². The van der Waals surface area contributed by atoms with Crippen molar-refractivity contribution in [1.82, 2.24) is 4.90 Å². The minimum Gasteiger partial charge on any atom is -0.387 e. The summed E-state index contributed by atoms with van der Waals surface area (Å²) in [5.41, 5.74) is 1.06. The van der Waals surface area contributed by atoms with Gasteiger partial charge in [-0.3, -0.25) is 0 Å². The maximum absolute atomic E-state index is 11.3. The summed E-state index contributed by atoms with van der Waals surface area (Å²) in [6, 6.07) is 12.6. The van der Waals surface area contributed by atoms with Crippen LogP contribution < -0.4 is 0 Å². The molecule has 0 amide bonds. The van der Waals surface area contributed by atoms with Crippen LogP contribution in [0.1, 0.15) is 128 Å². The van der Waals surface area contributed by atoms with Crippen LogP contribution in [0.3, 0.4) is 0 Å². The topological polar surface area (TPSA) is 23.5 Å². The first kappa shape index (κ1) is 30.3. The van der Waals surface area contributed by atoms with Gasteiger partial charge in [0.05, 0.1) is 6.10 Å². The van der Waals surface area contributed by atoms with E-state index in [2.05, 4.69) is 71.1 Å². The summed E-state index contributed by atoms with van der Waals surface area (Å²) in [5.74, 6) is 0. The number of rotatable bonds is 21. The number of hydrogen-bond donors (Lipinski definition) is 1. The van der Waals surface area contributed by atoms with Crippen molar-refractivity contribution in [3.05, 3.63) is 46.4 Å². The highest BCUT2D eigenvalue weighted by molar-refractivity contribution is 9.10. The Morgan fingerprint density at radius 1 is 0.629 bits per heavy atom. The number of aliphatic hydroxyl groups is 1. The van der Waals surface area contributed by atoms with E-state index in [0.29, 0.717) is 0 Å². The summed E-state index contributed by atoms with van der Waals surface area (Å²) in [5, 5.41) is 13.6. The van der Waals surface area contributed by atoms with E-state index in [1.165, 1.54) is 108 Å². The van der Waals surface area contributed by atoms with Crippen LogP contribution in [0.25, 0.3) is 10.8 Å². The highest BCUT2D eigenvalue weighted by Crippen LogP contribution is 2.30. The fraction of sp³-hybridized carbons (Fsp3) is 0.688. The van der Waals surface area contributed by atoms with Gasteiger partial charge in [0, 0.05) is 11.0 Å². The molecular formula is C32H52BrNO. The standard InChI is InChI=1S/C32H52BrNO/c1-3-5-7-9-11-13-15-19-25-34(26-20-16-14-12-10-8-6-4-2)27-32(35)30-23-24-31(33)29-22-18-17-21-28(29)30/h17-18,21-24,32,35H,3-16,19-20,25-27H2,1-2H3. The third-order valence-corrected chi connectivity index (χ3v) is 8.04. The second-order valence-electron chi connectivity index (χ2n) is 10.4. The zero-order chi connectivity index (χ0) is 25.1. The molecule has 3 heteroatoms. The lowest BCUT2D eigenvalue weighted by atomic mass is 10.00. The van der Waals surface area contributed by atoms with Crippen LogP contribution in [-0.2, 0) is 0 Å². The molecule has 0 aliphatic carbocycles. The summed E-state index contributed by atoms with van der Waals surface area (Å²) in [4.78, 5) is 2.54. The Bertz CT molecular complexity index is 772. The lowest BCUT2D eigenvalue weighted by Crippen LogP contribution is -2.31. The van der Waals surface area contributed by atoms with Gasteiger partial charge in [-0.2, -0.15) is 0 Å². The molecule has 35 heavy (non-hydrogen) atoms. The van der Waals surface area contributed by atoms with Crippen molar-refractivity contribution >= 4 is 26.7 Å². The van der Waals surface area contributed by atoms with Crippen molar-refractivity contribution < 1.29 is 5.11 Å². The summed E-state index contributed by atoms with van der Waals surface area (Å²) >= 11 is 3.68. The van der Waals surface area contributed by atoms with Crippen LogP contribution >= 0.6 is 15.9 Å². The molecule has 1 N–H and O–H groups in total. The van der Waals surface area contributed by atoms with Crippen LogP contribution in [0, 0.1) is 0 Å². The molecule has 2 rings (SSSR count). The van der Waals surface area contributed by atoms with Gasteiger partial charge in [-0.1, -0.05) is 150 Å². The van der Waals surface area contributed by atoms with Gasteiger partial charge in [0.2, 0.25) is 0 Å². The van der Waals surface area contributed by atoms with Gasteiger partial charge in [-0.15, -0.1) is 0 Å². The maximum atomic E-state index is 11.3. The molecule has 1 atom stereocenters.